The number of hydrogen-bond donors (Lipinski definition) is 1. The van der Waals surface area contributed by atoms with Gasteiger partial charge in [0.25, 0.3) is 0 Å². The summed E-state index contributed by atoms with van der Waals surface area (Å²) in [7, 11) is 0. The Morgan fingerprint density at radius 3 is 2.82 bits per heavy atom. The molecular weight excluding hydrogens is 381 g/mol. The van der Waals surface area contributed by atoms with Gasteiger partial charge in [-0.1, -0.05) is 26.0 Å². The van der Waals surface area contributed by atoms with Gasteiger partial charge >= 0.3 is 6.03 Å². The molecule has 0 spiro atoms. The van der Waals surface area contributed by atoms with Gasteiger partial charge in [-0.05, 0) is 37.0 Å². The molecule has 0 bridgehead atoms. The summed E-state index contributed by atoms with van der Waals surface area (Å²) in [6.45, 7) is 5.28. The SMILES string of the molecule is CCCc1nc2c([nH]1)C1=NC(Cc3cccc(F)c3)CN1C(=O)N2CCC.Cl. The minimum absolute atomic E-state index is 0. The highest BCUT2D eigenvalue weighted by molar-refractivity contribution is 6.18. The highest BCUT2D eigenvalue weighted by atomic mass is 35.5. The van der Waals surface area contributed by atoms with Crippen LogP contribution < -0.4 is 4.90 Å². The van der Waals surface area contributed by atoms with Crippen LogP contribution in [0.15, 0.2) is 29.3 Å². The van der Waals surface area contributed by atoms with Crippen LogP contribution in [-0.2, 0) is 12.8 Å². The quantitative estimate of drug-likeness (QED) is 0.790. The smallest absolute Gasteiger partial charge is 0.331 e. The Morgan fingerprint density at radius 2 is 2.11 bits per heavy atom. The zero-order valence-corrected chi connectivity index (χ0v) is 16.9. The predicted octanol–water partition coefficient (Wildman–Crippen LogP) is 3.95. The summed E-state index contributed by atoms with van der Waals surface area (Å²) in [6.07, 6.45) is 3.27. The monoisotopic (exact) mass is 405 g/mol. The minimum atomic E-state index is -0.249. The number of nitrogens with one attached hydrogen (secondary N) is 1. The molecule has 2 aliphatic rings. The van der Waals surface area contributed by atoms with Crippen molar-refractivity contribution in [2.45, 2.75) is 45.6 Å². The van der Waals surface area contributed by atoms with Crippen molar-refractivity contribution in [2.75, 3.05) is 18.0 Å². The molecule has 1 aromatic carbocycles. The largest absolute Gasteiger partial charge is 0.338 e. The van der Waals surface area contributed by atoms with Gasteiger partial charge < -0.3 is 4.98 Å². The minimum Gasteiger partial charge on any atom is -0.338 e. The van der Waals surface area contributed by atoms with E-state index in [9.17, 15) is 9.18 Å². The molecule has 0 saturated carbocycles. The van der Waals surface area contributed by atoms with Crippen molar-refractivity contribution in [1.82, 2.24) is 14.9 Å². The van der Waals surface area contributed by atoms with Gasteiger partial charge in [-0.3, -0.25) is 14.8 Å². The molecule has 4 rings (SSSR count). The van der Waals surface area contributed by atoms with Crippen LogP contribution in [0, 0.1) is 5.82 Å². The van der Waals surface area contributed by atoms with E-state index in [2.05, 4.69) is 16.9 Å². The third kappa shape index (κ3) is 3.63. The van der Waals surface area contributed by atoms with Gasteiger partial charge in [0.15, 0.2) is 11.7 Å². The van der Waals surface area contributed by atoms with E-state index in [4.69, 9.17) is 4.99 Å². The van der Waals surface area contributed by atoms with Crippen LogP contribution in [0.4, 0.5) is 15.0 Å². The van der Waals surface area contributed by atoms with E-state index in [1.807, 2.05) is 13.0 Å². The van der Waals surface area contributed by atoms with E-state index in [0.717, 1.165) is 36.3 Å². The van der Waals surface area contributed by atoms with E-state index < -0.39 is 0 Å². The molecule has 28 heavy (non-hydrogen) atoms. The van der Waals surface area contributed by atoms with Crippen molar-refractivity contribution in [2.24, 2.45) is 4.99 Å². The number of nitrogens with zero attached hydrogens (tertiary/aromatic N) is 4. The van der Waals surface area contributed by atoms with Gasteiger partial charge in [-0.25, -0.2) is 14.2 Å². The number of aliphatic imine (C=N–C) groups is 1. The maximum absolute atomic E-state index is 13.5. The number of H-pyrrole nitrogens is 1. The molecule has 150 valence electrons. The highest BCUT2D eigenvalue weighted by Gasteiger charge is 2.42. The molecule has 0 aliphatic carbocycles. The second-order valence-corrected chi connectivity index (χ2v) is 7.12. The summed E-state index contributed by atoms with van der Waals surface area (Å²) in [5.74, 6) is 1.99. The molecule has 1 atom stereocenters. The number of urea groups is 1. The molecule has 0 saturated heterocycles. The normalized spacial score (nSPS) is 17.9. The third-order valence-corrected chi connectivity index (χ3v) is 4.92. The lowest BCUT2D eigenvalue weighted by Crippen LogP contribution is -2.50. The Balaban J connectivity index is 0.00000225. The number of aromatic nitrogens is 2. The average molecular weight is 406 g/mol. The Kier molecular flexibility index (Phi) is 6.03. The average Bonchev–Trinajstić information content (AvgIpc) is 3.23. The lowest BCUT2D eigenvalue weighted by molar-refractivity contribution is 0.226. The summed E-state index contributed by atoms with van der Waals surface area (Å²) in [5, 5.41) is 0. The molecule has 1 unspecified atom stereocenters. The first-order chi connectivity index (χ1) is 13.1. The van der Waals surface area contributed by atoms with Crippen molar-refractivity contribution < 1.29 is 9.18 Å². The van der Waals surface area contributed by atoms with Crippen LogP contribution >= 0.6 is 12.4 Å². The van der Waals surface area contributed by atoms with Crippen LogP contribution in [0.25, 0.3) is 0 Å². The molecule has 8 heteroatoms. The van der Waals surface area contributed by atoms with Crippen LogP contribution in [0.1, 0.15) is 43.8 Å². The number of aryl methyl sites for hydroxylation is 1. The van der Waals surface area contributed by atoms with Crippen molar-refractivity contribution in [3.8, 4) is 0 Å². The molecule has 0 radical (unpaired) electrons. The molecule has 2 aliphatic heterocycles. The van der Waals surface area contributed by atoms with E-state index in [1.165, 1.54) is 12.1 Å². The maximum atomic E-state index is 13.5. The number of imidazole rings is 1. The number of rotatable bonds is 6. The molecule has 2 amide bonds. The topological polar surface area (TPSA) is 64.6 Å². The molecule has 2 aromatic rings. The zero-order chi connectivity index (χ0) is 19.0. The predicted molar refractivity (Wildman–Crippen MR) is 110 cm³/mol. The van der Waals surface area contributed by atoms with Gasteiger partial charge in [-0.2, -0.15) is 0 Å². The maximum Gasteiger partial charge on any atom is 0.331 e. The number of anilines is 1. The number of fused-ring (bicyclic) bond motifs is 3. The molecule has 6 nitrogen and oxygen atoms in total. The van der Waals surface area contributed by atoms with Crippen LogP contribution in [-0.4, -0.2) is 45.9 Å². The standard InChI is InChI=1S/C20H24FN5O.ClH/c1-3-6-16-23-17-18-22-15(11-13-7-5-8-14(21)10-13)12-26(18)20(27)25(9-4-2)19(17)24-16;/h5,7-8,10,15H,3-4,6,9,11-12H2,1-2H3,(H,23,24);1H. The summed E-state index contributed by atoms with van der Waals surface area (Å²) < 4.78 is 13.5. The molecule has 0 fully saturated rings. The Hall–Kier alpha value is -2.41. The molecule has 3 heterocycles. The van der Waals surface area contributed by atoms with E-state index in [1.54, 1.807) is 15.9 Å². The number of carbonyl (C=O) groups excluding carboxylic acids is 1. The lowest BCUT2D eigenvalue weighted by atomic mass is 10.1. The Labute approximate surface area is 170 Å². The summed E-state index contributed by atoms with van der Waals surface area (Å²) >= 11 is 0. The Morgan fingerprint density at radius 1 is 1.29 bits per heavy atom. The summed E-state index contributed by atoms with van der Waals surface area (Å²) in [4.78, 5) is 29.3. The summed E-state index contributed by atoms with van der Waals surface area (Å²) in [6, 6.07) is 6.41. The molecule has 1 N–H and O–H groups in total. The Bertz CT molecular complexity index is 896. The van der Waals surface area contributed by atoms with E-state index in [-0.39, 0.29) is 30.3 Å². The second-order valence-electron chi connectivity index (χ2n) is 7.12. The van der Waals surface area contributed by atoms with Crippen LogP contribution in [0.3, 0.4) is 0 Å². The van der Waals surface area contributed by atoms with Crippen LogP contribution in [0.5, 0.6) is 0 Å². The van der Waals surface area contributed by atoms with Crippen molar-refractivity contribution in [3.63, 3.8) is 0 Å². The van der Waals surface area contributed by atoms with E-state index in [0.29, 0.717) is 31.2 Å². The number of amidine groups is 1. The number of hydrogen-bond acceptors (Lipinski definition) is 3. The lowest BCUT2D eigenvalue weighted by Gasteiger charge is -2.32. The van der Waals surface area contributed by atoms with Crippen molar-refractivity contribution in [1.29, 1.82) is 0 Å². The molecule has 1 aromatic heterocycles. The van der Waals surface area contributed by atoms with Crippen molar-refractivity contribution in [3.05, 3.63) is 47.2 Å². The fourth-order valence-electron chi connectivity index (χ4n) is 3.77. The number of carbonyl (C=O) groups is 1. The number of aromatic amines is 1. The van der Waals surface area contributed by atoms with Gasteiger partial charge in [0.05, 0.1) is 12.6 Å². The fourth-order valence-corrected chi connectivity index (χ4v) is 3.77. The van der Waals surface area contributed by atoms with Gasteiger partial charge in [0.1, 0.15) is 17.3 Å². The van der Waals surface area contributed by atoms with Gasteiger partial charge in [0.2, 0.25) is 0 Å². The second kappa shape index (κ2) is 8.31. The first-order valence-electron chi connectivity index (χ1n) is 9.61. The van der Waals surface area contributed by atoms with Crippen LogP contribution in [0.2, 0.25) is 0 Å². The molecular formula is C20H25ClFN5O. The van der Waals surface area contributed by atoms with E-state index >= 15 is 0 Å². The van der Waals surface area contributed by atoms with Crippen molar-refractivity contribution >= 4 is 30.1 Å². The highest BCUT2D eigenvalue weighted by Crippen LogP contribution is 2.31. The number of benzene rings is 1. The first-order valence-corrected chi connectivity index (χ1v) is 9.61. The number of amides is 2. The first kappa shape index (κ1) is 20.3. The fraction of sp³-hybridized carbons (Fsp3) is 0.450. The van der Waals surface area contributed by atoms with Gasteiger partial charge in [-0.15, -0.1) is 12.4 Å². The summed E-state index contributed by atoms with van der Waals surface area (Å²) in [5.41, 5.74) is 1.71. The third-order valence-electron chi connectivity index (χ3n) is 4.92. The van der Waals surface area contributed by atoms with Gasteiger partial charge in [0, 0.05) is 13.0 Å². The zero-order valence-electron chi connectivity index (χ0n) is 16.1. The number of halogens is 2.